The summed E-state index contributed by atoms with van der Waals surface area (Å²) in [5.74, 6) is -2.07. The number of hydrogen-bond acceptors (Lipinski definition) is 5. The number of amides is 1. The lowest BCUT2D eigenvalue weighted by molar-refractivity contribution is -0.140. The van der Waals surface area contributed by atoms with Gasteiger partial charge < -0.3 is 14.7 Å². The number of rotatable bonds is 6. The molecule has 4 rings (SSSR count). The van der Waals surface area contributed by atoms with Gasteiger partial charge in [0.25, 0.3) is 11.7 Å². The number of hydrogen-bond donors (Lipinski definition) is 1. The zero-order valence-electron chi connectivity index (χ0n) is 18.1. The lowest BCUT2D eigenvalue weighted by Crippen LogP contribution is -2.38. The van der Waals surface area contributed by atoms with Crippen molar-refractivity contribution < 1.29 is 23.8 Å². The zero-order chi connectivity index (χ0) is 22.7. The van der Waals surface area contributed by atoms with E-state index < -0.39 is 23.5 Å². The van der Waals surface area contributed by atoms with Gasteiger partial charge in [-0.2, -0.15) is 0 Å². The second-order valence-corrected chi connectivity index (χ2v) is 8.22. The van der Waals surface area contributed by atoms with Gasteiger partial charge in [-0.15, -0.1) is 0 Å². The summed E-state index contributed by atoms with van der Waals surface area (Å²) >= 11 is 0. The van der Waals surface area contributed by atoms with Crippen LogP contribution in [-0.2, 0) is 14.3 Å². The summed E-state index contributed by atoms with van der Waals surface area (Å²) < 4.78 is 18.7. The first-order chi connectivity index (χ1) is 15.5. The Balaban J connectivity index is 1.66. The number of likely N-dealkylation sites (tertiary alicyclic amines) is 1. The minimum Gasteiger partial charge on any atom is -0.507 e. The number of carbonyl (C=O) groups excluding carboxylic acids is 2. The number of aliphatic hydroxyl groups is 1. The number of nitrogens with zero attached hydrogens (tertiary/aromatic N) is 2. The normalized spacial score (nSPS) is 21.3. The van der Waals surface area contributed by atoms with Crippen molar-refractivity contribution in [2.45, 2.75) is 19.4 Å². The Morgan fingerprint density at radius 3 is 2.34 bits per heavy atom. The topological polar surface area (TPSA) is 70.1 Å². The van der Waals surface area contributed by atoms with E-state index in [2.05, 4.69) is 4.90 Å². The number of carbonyl (C=O) groups is 2. The summed E-state index contributed by atoms with van der Waals surface area (Å²) in [7, 11) is 0. The second kappa shape index (κ2) is 9.63. The van der Waals surface area contributed by atoms with Crippen LogP contribution < -0.4 is 0 Å². The van der Waals surface area contributed by atoms with Crippen molar-refractivity contribution in [2.24, 2.45) is 0 Å². The maximum Gasteiger partial charge on any atom is 0.295 e. The molecular formula is C25H27FN2O4. The molecule has 32 heavy (non-hydrogen) atoms. The largest absolute Gasteiger partial charge is 0.507 e. The fourth-order valence-electron chi connectivity index (χ4n) is 4.26. The molecule has 0 spiro atoms. The molecule has 2 fully saturated rings. The average molecular weight is 438 g/mol. The molecule has 2 heterocycles. The molecular weight excluding hydrogens is 411 g/mol. The number of aliphatic hydroxyl groups excluding tert-OH is 1. The van der Waals surface area contributed by atoms with Crippen LogP contribution >= 0.6 is 0 Å². The summed E-state index contributed by atoms with van der Waals surface area (Å²) in [5.41, 5.74) is 2.15. The van der Waals surface area contributed by atoms with Gasteiger partial charge in [0.15, 0.2) is 0 Å². The third-order valence-electron chi connectivity index (χ3n) is 6.03. The Morgan fingerprint density at radius 2 is 1.69 bits per heavy atom. The quantitative estimate of drug-likeness (QED) is 0.426. The summed E-state index contributed by atoms with van der Waals surface area (Å²) in [6, 6.07) is 12.1. The van der Waals surface area contributed by atoms with Crippen molar-refractivity contribution in [1.82, 2.24) is 9.80 Å². The van der Waals surface area contributed by atoms with Crippen molar-refractivity contribution in [3.63, 3.8) is 0 Å². The van der Waals surface area contributed by atoms with E-state index in [1.54, 1.807) is 4.90 Å². The smallest absolute Gasteiger partial charge is 0.295 e. The monoisotopic (exact) mass is 438 g/mol. The van der Waals surface area contributed by atoms with Crippen LogP contribution in [0.15, 0.2) is 54.1 Å². The molecule has 7 heteroatoms. The summed E-state index contributed by atoms with van der Waals surface area (Å²) in [6.07, 6.45) is 0.700. The predicted octanol–water partition coefficient (Wildman–Crippen LogP) is 3.28. The van der Waals surface area contributed by atoms with E-state index in [0.717, 1.165) is 30.8 Å². The van der Waals surface area contributed by atoms with Crippen LogP contribution in [0.5, 0.6) is 0 Å². The molecule has 0 radical (unpaired) electrons. The second-order valence-electron chi connectivity index (χ2n) is 8.22. The number of ether oxygens (including phenoxy) is 1. The van der Waals surface area contributed by atoms with Crippen LogP contribution in [0.25, 0.3) is 5.76 Å². The minimum atomic E-state index is -0.719. The highest BCUT2D eigenvalue weighted by Gasteiger charge is 2.45. The van der Waals surface area contributed by atoms with Crippen molar-refractivity contribution in [3.8, 4) is 0 Å². The van der Waals surface area contributed by atoms with Gasteiger partial charge in [0.1, 0.15) is 11.6 Å². The molecule has 2 aromatic carbocycles. The van der Waals surface area contributed by atoms with Crippen molar-refractivity contribution in [1.29, 1.82) is 0 Å². The highest BCUT2D eigenvalue weighted by atomic mass is 19.1. The van der Waals surface area contributed by atoms with E-state index in [1.807, 2.05) is 31.2 Å². The Hall–Kier alpha value is -3.03. The molecule has 1 unspecified atom stereocenters. The SMILES string of the molecule is Cc1ccc(C2/C(=C(/O)c3ccc(F)cc3)C(=O)C(=O)N2CCCN2CCOCC2)cc1. The van der Waals surface area contributed by atoms with E-state index in [4.69, 9.17) is 4.74 Å². The van der Waals surface area contributed by atoms with Crippen LogP contribution in [0.3, 0.4) is 0 Å². The first kappa shape index (κ1) is 22.2. The molecule has 2 saturated heterocycles. The fourth-order valence-corrected chi connectivity index (χ4v) is 4.26. The predicted molar refractivity (Wildman–Crippen MR) is 118 cm³/mol. The number of benzene rings is 2. The van der Waals surface area contributed by atoms with Gasteiger partial charge in [-0.05, 0) is 43.2 Å². The molecule has 2 aromatic rings. The summed E-state index contributed by atoms with van der Waals surface area (Å²) in [5, 5.41) is 11.0. The van der Waals surface area contributed by atoms with Crippen LogP contribution in [0.1, 0.15) is 29.2 Å². The number of Topliss-reactive ketones (excluding diaryl/α,β-unsaturated/α-hetero) is 1. The Morgan fingerprint density at radius 1 is 1.03 bits per heavy atom. The van der Waals surface area contributed by atoms with E-state index in [-0.39, 0.29) is 11.3 Å². The van der Waals surface area contributed by atoms with Gasteiger partial charge in [-0.1, -0.05) is 29.8 Å². The molecule has 1 N–H and O–H groups in total. The molecule has 2 aliphatic rings. The zero-order valence-corrected chi connectivity index (χ0v) is 18.1. The Kier molecular flexibility index (Phi) is 6.67. The first-order valence-corrected chi connectivity index (χ1v) is 10.9. The molecule has 6 nitrogen and oxygen atoms in total. The summed E-state index contributed by atoms with van der Waals surface area (Å²) in [6.45, 7) is 6.25. The minimum absolute atomic E-state index is 0.0387. The third-order valence-corrected chi connectivity index (χ3v) is 6.03. The van der Waals surface area contributed by atoms with Gasteiger partial charge in [-0.3, -0.25) is 14.5 Å². The molecule has 168 valence electrons. The maximum absolute atomic E-state index is 13.4. The fraction of sp³-hybridized carbons (Fsp3) is 0.360. The van der Waals surface area contributed by atoms with Crippen molar-refractivity contribution in [3.05, 3.63) is 76.6 Å². The Bertz CT molecular complexity index is 1010. The van der Waals surface area contributed by atoms with Crippen molar-refractivity contribution in [2.75, 3.05) is 39.4 Å². The van der Waals surface area contributed by atoms with E-state index in [1.165, 1.54) is 24.3 Å². The van der Waals surface area contributed by atoms with E-state index in [0.29, 0.717) is 31.7 Å². The van der Waals surface area contributed by atoms with Gasteiger partial charge in [-0.25, -0.2) is 4.39 Å². The van der Waals surface area contributed by atoms with Gasteiger partial charge in [0, 0.05) is 31.7 Å². The highest BCUT2D eigenvalue weighted by Crippen LogP contribution is 2.39. The van der Waals surface area contributed by atoms with E-state index >= 15 is 0 Å². The molecule has 0 aliphatic carbocycles. The van der Waals surface area contributed by atoms with Crippen LogP contribution in [0.4, 0.5) is 4.39 Å². The van der Waals surface area contributed by atoms with Crippen LogP contribution in [0, 0.1) is 12.7 Å². The van der Waals surface area contributed by atoms with E-state index in [9.17, 15) is 19.1 Å². The maximum atomic E-state index is 13.4. The van der Waals surface area contributed by atoms with Crippen LogP contribution in [0.2, 0.25) is 0 Å². The molecule has 0 saturated carbocycles. The standard InChI is InChI=1S/C25H27FN2O4/c1-17-3-5-18(6-4-17)22-21(23(29)19-7-9-20(26)10-8-19)24(30)25(31)28(22)12-2-11-27-13-15-32-16-14-27/h3-10,22,29H,2,11-16H2,1H3/b23-21-. The lowest BCUT2D eigenvalue weighted by Gasteiger charge is -2.29. The number of aryl methyl sites for hydroxylation is 1. The number of halogens is 1. The molecule has 0 aromatic heterocycles. The van der Waals surface area contributed by atoms with Crippen molar-refractivity contribution >= 4 is 17.4 Å². The third kappa shape index (κ3) is 4.59. The highest BCUT2D eigenvalue weighted by molar-refractivity contribution is 6.46. The average Bonchev–Trinajstić information content (AvgIpc) is 3.05. The number of ketones is 1. The number of morpholine rings is 1. The summed E-state index contributed by atoms with van der Waals surface area (Å²) in [4.78, 5) is 29.8. The Labute approximate surface area is 186 Å². The van der Waals surface area contributed by atoms with Gasteiger partial charge in [0.05, 0.1) is 24.8 Å². The molecule has 1 atom stereocenters. The first-order valence-electron chi connectivity index (χ1n) is 10.9. The molecule has 2 aliphatic heterocycles. The van der Waals surface area contributed by atoms with Crippen LogP contribution in [-0.4, -0.2) is 66.0 Å². The molecule has 1 amide bonds. The van der Waals surface area contributed by atoms with Gasteiger partial charge >= 0.3 is 0 Å². The van der Waals surface area contributed by atoms with Gasteiger partial charge in [0.2, 0.25) is 0 Å². The lowest BCUT2D eigenvalue weighted by atomic mass is 9.94. The molecule has 0 bridgehead atoms.